The Morgan fingerprint density at radius 2 is 1.74 bits per heavy atom. The van der Waals surface area contributed by atoms with Gasteiger partial charge in [-0.15, -0.1) is 0 Å². The molecule has 2 aromatic carbocycles. The Labute approximate surface area is 127 Å². The molecule has 0 spiro atoms. The van der Waals surface area contributed by atoms with Crippen molar-refractivity contribution >= 4 is 51.9 Å². The van der Waals surface area contributed by atoms with Crippen molar-refractivity contribution in [3.8, 4) is 0 Å². The van der Waals surface area contributed by atoms with Crippen LogP contribution in [0.5, 0.6) is 0 Å². The maximum atomic E-state index is 5.95. The van der Waals surface area contributed by atoms with Crippen molar-refractivity contribution in [2.24, 2.45) is 0 Å². The van der Waals surface area contributed by atoms with E-state index in [1.165, 1.54) is 0 Å². The fourth-order valence-corrected chi connectivity index (χ4v) is 2.10. The number of para-hydroxylation sites is 1. The van der Waals surface area contributed by atoms with Crippen LogP contribution in [0.1, 0.15) is 5.56 Å². The Morgan fingerprint density at radius 1 is 1.00 bits per heavy atom. The van der Waals surface area contributed by atoms with Crippen LogP contribution in [-0.4, -0.2) is 5.11 Å². The van der Waals surface area contributed by atoms with Gasteiger partial charge in [-0.1, -0.05) is 41.4 Å². The summed E-state index contributed by atoms with van der Waals surface area (Å²) in [6.07, 6.45) is 0. The summed E-state index contributed by atoms with van der Waals surface area (Å²) in [5.41, 5.74) is 2.89. The molecule has 19 heavy (non-hydrogen) atoms. The van der Waals surface area contributed by atoms with Gasteiger partial charge in [0.25, 0.3) is 0 Å². The van der Waals surface area contributed by atoms with E-state index in [9.17, 15) is 0 Å². The molecule has 0 bridgehead atoms. The zero-order valence-electron chi connectivity index (χ0n) is 10.2. The number of rotatable bonds is 2. The van der Waals surface area contributed by atoms with Crippen molar-refractivity contribution in [2.45, 2.75) is 6.92 Å². The topological polar surface area (TPSA) is 24.1 Å². The van der Waals surface area contributed by atoms with Crippen molar-refractivity contribution in [2.75, 3.05) is 10.6 Å². The summed E-state index contributed by atoms with van der Waals surface area (Å²) >= 11 is 17.1. The van der Waals surface area contributed by atoms with Crippen LogP contribution >= 0.6 is 35.4 Å². The van der Waals surface area contributed by atoms with E-state index in [0.29, 0.717) is 15.2 Å². The van der Waals surface area contributed by atoms with E-state index in [4.69, 9.17) is 35.4 Å². The largest absolute Gasteiger partial charge is 0.332 e. The lowest BCUT2D eigenvalue weighted by Gasteiger charge is -2.12. The van der Waals surface area contributed by atoms with Crippen LogP contribution in [-0.2, 0) is 0 Å². The fourth-order valence-electron chi connectivity index (χ4n) is 1.57. The SMILES string of the molecule is Cc1ccccc1NC(=S)Nc1ccc(Cl)c(Cl)c1. The van der Waals surface area contributed by atoms with Gasteiger partial charge in [-0.25, -0.2) is 0 Å². The summed E-state index contributed by atoms with van der Waals surface area (Å²) in [6, 6.07) is 13.2. The molecule has 0 aliphatic carbocycles. The molecule has 0 aliphatic heterocycles. The first-order valence-electron chi connectivity index (χ1n) is 5.65. The van der Waals surface area contributed by atoms with E-state index >= 15 is 0 Å². The van der Waals surface area contributed by atoms with Gasteiger partial charge < -0.3 is 10.6 Å². The minimum Gasteiger partial charge on any atom is -0.332 e. The van der Waals surface area contributed by atoms with Crippen LogP contribution < -0.4 is 10.6 Å². The molecule has 98 valence electrons. The van der Waals surface area contributed by atoms with Crippen LogP contribution in [0.15, 0.2) is 42.5 Å². The van der Waals surface area contributed by atoms with E-state index in [1.54, 1.807) is 12.1 Å². The monoisotopic (exact) mass is 310 g/mol. The highest BCUT2D eigenvalue weighted by molar-refractivity contribution is 7.80. The predicted molar refractivity (Wildman–Crippen MR) is 87.5 cm³/mol. The average molecular weight is 311 g/mol. The fraction of sp³-hybridized carbons (Fsp3) is 0.0714. The molecule has 0 unspecified atom stereocenters. The second-order valence-electron chi connectivity index (χ2n) is 4.02. The van der Waals surface area contributed by atoms with Crippen LogP contribution in [0.4, 0.5) is 11.4 Å². The van der Waals surface area contributed by atoms with Crippen LogP contribution in [0, 0.1) is 6.92 Å². The molecule has 0 amide bonds. The Hall–Kier alpha value is -1.29. The molecule has 0 heterocycles. The summed E-state index contributed by atoms with van der Waals surface area (Å²) in [5.74, 6) is 0. The Bertz CT molecular complexity index is 614. The highest BCUT2D eigenvalue weighted by Gasteiger charge is 2.03. The standard InChI is InChI=1S/C14H12Cl2N2S/c1-9-4-2-3-5-13(9)18-14(19)17-10-6-7-11(15)12(16)8-10/h2-8H,1H3,(H2,17,18,19). The maximum absolute atomic E-state index is 5.95. The minimum absolute atomic E-state index is 0.491. The highest BCUT2D eigenvalue weighted by Crippen LogP contribution is 2.25. The lowest BCUT2D eigenvalue weighted by molar-refractivity contribution is 1.45. The molecule has 0 atom stereocenters. The first-order valence-corrected chi connectivity index (χ1v) is 6.81. The molecular formula is C14H12Cl2N2S. The quantitative estimate of drug-likeness (QED) is 0.754. The number of benzene rings is 2. The average Bonchev–Trinajstić information content (AvgIpc) is 2.37. The second kappa shape index (κ2) is 6.24. The molecule has 2 rings (SSSR count). The maximum Gasteiger partial charge on any atom is 0.175 e. The highest BCUT2D eigenvalue weighted by atomic mass is 35.5. The molecular weight excluding hydrogens is 299 g/mol. The summed E-state index contributed by atoms with van der Waals surface area (Å²) in [6.45, 7) is 2.02. The Kier molecular flexibility index (Phi) is 4.64. The van der Waals surface area contributed by atoms with Crippen molar-refractivity contribution < 1.29 is 0 Å². The van der Waals surface area contributed by atoms with Gasteiger partial charge in [0.1, 0.15) is 0 Å². The normalized spacial score (nSPS) is 10.1. The third kappa shape index (κ3) is 3.83. The zero-order valence-corrected chi connectivity index (χ0v) is 12.5. The van der Waals surface area contributed by atoms with Gasteiger partial charge in [-0.2, -0.15) is 0 Å². The van der Waals surface area contributed by atoms with Gasteiger partial charge >= 0.3 is 0 Å². The molecule has 2 nitrogen and oxygen atoms in total. The first-order chi connectivity index (χ1) is 9.06. The second-order valence-corrected chi connectivity index (χ2v) is 5.25. The lowest BCUT2D eigenvalue weighted by Crippen LogP contribution is -2.19. The Morgan fingerprint density at radius 3 is 2.42 bits per heavy atom. The number of thiocarbonyl (C=S) groups is 1. The number of aryl methyl sites for hydroxylation is 1. The van der Waals surface area contributed by atoms with Crippen molar-refractivity contribution in [1.82, 2.24) is 0 Å². The molecule has 0 fully saturated rings. The van der Waals surface area contributed by atoms with Gasteiger partial charge in [-0.05, 0) is 49.0 Å². The number of anilines is 2. The van der Waals surface area contributed by atoms with Gasteiger partial charge in [0.15, 0.2) is 5.11 Å². The smallest absolute Gasteiger partial charge is 0.175 e. The third-order valence-electron chi connectivity index (χ3n) is 2.57. The van der Waals surface area contributed by atoms with Gasteiger partial charge in [0, 0.05) is 11.4 Å². The third-order valence-corrected chi connectivity index (χ3v) is 3.51. The van der Waals surface area contributed by atoms with Crippen LogP contribution in [0.3, 0.4) is 0 Å². The molecule has 2 aromatic rings. The number of hydrogen-bond donors (Lipinski definition) is 2. The van der Waals surface area contributed by atoms with E-state index in [0.717, 1.165) is 16.9 Å². The van der Waals surface area contributed by atoms with Gasteiger partial charge in [0.05, 0.1) is 10.0 Å². The van der Waals surface area contributed by atoms with E-state index in [1.807, 2.05) is 37.3 Å². The van der Waals surface area contributed by atoms with E-state index in [-0.39, 0.29) is 0 Å². The molecule has 0 aromatic heterocycles. The van der Waals surface area contributed by atoms with Crippen molar-refractivity contribution in [3.05, 3.63) is 58.1 Å². The summed E-state index contributed by atoms with van der Waals surface area (Å²) in [4.78, 5) is 0. The molecule has 0 radical (unpaired) electrons. The first kappa shape index (κ1) is 14.1. The molecule has 5 heteroatoms. The summed E-state index contributed by atoms with van der Waals surface area (Å²) in [5, 5.41) is 7.72. The molecule has 2 N–H and O–H groups in total. The summed E-state index contributed by atoms with van der Waals surface area (Å²) in [7, 11) is 0. The molecule has 0 saturated heterocycles. The lowest BCUT2D eigenvalue weighted by atomic mass is 10.2. The van der Waals surface area contributed by atoms with Crippen molar-refractivity contribution in [1.29, 1.82) is 0 Å². The van der Waals surface area contributed by atoms with Gasteiger partial charge in [0.2, 0.25) is 0 Å². The van der Waals surface area contributed by atoms with Crippen molar-refractivity contribution in [3.63, 3.8) is 0 Å². The number of nitrogens with one attached hydrogen (secondary N) is 2. The minimum atomic E-state index is 0.491. The van der Waals surface area contributed by atoms with E-state index < -0.39 is 0 Å². The number of hydrogen-bond acceptors (Lipinski definition) is 1. The number of halogens is 2. The molecule has 0 aliphatic rings. The zero-order chi connectivity index (χ0) is 13.8. The summed E-state index contributed by atoms with van der Waals surface area (Å²) < 4.78 is 0. The predicted octanol–water partition coefficient (Wildman–Crippen LogP) is 5.11. The van der Waals surface area contributed by atoms with Crippen LogP contribution in [0.25, 0.3) is 0 Å². The Balaban J connectivity index is 2.05. The molecule has 0 saturated carbocycles. The van der Waals surface area contributed by atoms with E-state index in [2.05, 4.69) is 10.6 Å². The van der Waals surface area contributed by atoms with Gasteiger partial charge in [-0.3, -0.25) is 0 Å². The van der Waals surface area contributed by atoms with Crippen LogP contribution in [0.2, 0.25) is 10.0 Å².